The molecule has 0 rings (SSSR count). The van der Waals surface area contributed by atoms with Crippen molar-refractivity contribution in [1.82, 2.24) is 0 Å². The number of carbonyl (C=O) groups is 2. The second-order valence-electron chi connectivity index (χ2n) is 4.52. The van der Waals surface area contributed by atoms with E-state index >= 15 is 0 Å². The summed E-state index contributed by atoms with van der Waals surface area (Å²) in [6.07, 6.45) is 10.6. The van der Waals surface area contributed by atoms with Crippen LogP contribution in [0.1, 0.15) is 64.7 Å². The first kappa shape index (κ1) is 20.9. The molecule has 20 heavy (non-hydrogen) atoms. The Kier molecular flexibility index (Phi) is 18.5. The van der Waals surface area contributed by atoms with E-state index in [0.29, 0.717) is 19.4 Å². The summed E-state index contributed by atoms with van der Waals surface area (Å²) in [5.41, 5.74) is 0. The quantitative estimate of drug-likeness (QED) is 0.401. The normalized spacial score (nSPS) is 10.1. The van der Waals surface area contributed by atoms with E-state index < -0.39 is 11.9 Å². The van der Waals surface area contributed by atoms with Crippen LogP contribution in [0.4, 0.5) is 0 Å². The van der Waals surface area contributed by atoms with Crippen molar-refractivity contribution in [1.29, 1.82) is 0 Å². The zero-order chi connectivity index (χ0) is 15.6. The third-order valence-corrected chi connectivity index (χ3v) is 2.53. The van der Waals surface area contributed by atoms with Crippen molar-refractivity contribution < 1.29 is 24.9 Å². The summed E-state index contributed by atoms with van der Waals surface area (Å²) in [6, 6.07) is 0. The highest BCUT2D eigenvalue weighted by Gasteiger charge is 1.95. The maximum absolute atomic E-state index is 10.1. The lowest BCUT2D eigenvalue weighted by molar-refractivity contribution is -0.137. The third-order valence-electron chi connectivity index (χ3n) is 2.53. The Morgan fingerprint density at radius 2 is 1.60 bits per heavy atom. The van der Waals surface area contributed by atoms with Gasteiger partial charge in [-0.3, -0.25) is 4.79 Å². The lowest BCUT2D eigenvalue weighted by Gasteiger charge is -1.94. The number of hydrogen-bond donors (Lipinski definition) is 3. The molecule has 118 valence electrons. The molecule has 0 bridgehead atoms. The molecule has 0 aliphatic rings. The van der Waals surface area contributed by atoms with Crippen LogP contribution >= 0.6 is 0 Å². The van der Waals surface area contributed by atoms with E-state index in [4.69, 9.17) is 15.3 Å². The van der Waals surface area contributed by atoms with Gasteiger partial charge in [-0.1, -0.05) is 38.7 Å². The molecule has 0 fully saturated rings. The van der Waals surface area contributed by atoms with E-state index in [1.54, 1.807) is 6.08 Å². The molecule has 0 saturated carbocycles. The van der Waals surface area contributed by atoms with Gasteiger partial charge in [-0.25, -0.2) is 4.79 Å². The van der Waals surface area contributed by atoms with Gasteiger partial charge in [0.2, 0.25) is 0 Å². The number of aliphatic carboxylic acids is 2. The number of carboxylic acid groups (broad SMARTS) is 2. The van der Waals surface area contributed by atoms with Crippen molar-refractivity contribution in [2.45, 2.75) is 64.7 Å². The summed E-state index contributed by atoms with van der Waals surface area (Å²) in [7, 11) is 0. The molecule has 0 aliphatic heterocycles. The number of unbranched alkanes of at least 4 members (excludes halogenated alkanes) is 6. The average molecular weight is 288 g/mol. The van der Waals surface area contributed by atoms with Gasteiger partial charge in [0.05, 0.1) is 0 Å². The number of rotatable bonds is 11. The van der Waals surface area contributed by atoms with Gasteiger partial charge < -0.3 is 15.3 Å². The number of aliphatic hydroxyl groups is 1. The summed E-state index contributed by atoms with van der Waals surface area (Å²) in [5, 5.41) is 24.8. The summed E-state index contributed by atoms with van der Waals surface area (Å²) >= 11 is 0. The highest BCUT2D eigenvalue weighted by atomic mass is 16.4. The highest BCUT2D eigenvalue weighted by Crippen LogP contribution is 2.03. The minimum Gasteiger partial charge on any atom is -0.481 e. The predicted octanol–water partition coefficient (Wildman–Crippen LogP) is 3.22. The largest absolute Gasteiger partial charge is 0.481 e. The van der Waals surface area contributed by atoms with E-state index in [2.05, 4.69) is 6.92 Å². The first-order valence-corrected chi connectivity index (χ1v) is 7.26. The van der Waals surface area contributed by atoms with E-state index in [0.717, 1.165) is 25.3 Å². The van der Waals surface area contributed by atoms with Gasteiger partial charge in [0.15, 0.2) is 0 Å². The molecule has 0 unspecified atom stereocenters. The minimum absolute atomic E-state index is 0.197. The van der Waals surface area contributed by atoms with Crippen molar-refractivity contribution in [3.8, 4) is 0 Å². The lowest BCUT2D eigenvalue weighted by Crippen LogP contribution is -1.93. The number of allylic oxidation sites excluding steroid dienone is 1. The second kappa shape index (κ2) is 17.6. The monoisotopic (exact) mass is 288 g/mol. The maximum Gasteiger partial charge on any atom is 0.327 e. The average Bonchev–Trinajstić information content (AvgIpc) is 2.38. The third kappa shape index (κ3) is 25.5. The first-order valence-electron chi connectivity index (χ1n) is 7.26. The van der Waals surface area contributed by atoms with Crippen molar-refractivity contribution in [3.05, 3.63) is 12.2 Å². The Balaban J connectivity index is 0. The van der Waals surface area contributed by atoms with Crippen molar-refractivity contribution in [3.63, 3.8) is 0 Å². The molecule has 0 aromatic heterocycles. The Morgan fingerprint density at radius 1 is 0.950 bits per heavy atom. The SMILES string of the molecule is CCCCCCO.O=C(O)C=CCCCCCC(=O)O. The zero-order valence-corrected chi connectivity index (χ0v) is 12.4. The molecule has 0 heterocycles. The van der Waals surface area contributed by atoms with Crippen LogP contribution in [0.5, 0.6) is 0 Å². The molecule has 0 aromatic rings. The van der Waals surface area contributed by atoms with Gasteiger partial charge in [-0.15, -0.1) is 0 Å². The Labute approximate surface area is 121 Å². The van der Waals surface area contributed by atoms with Crippen LogP contribution in [-0.2, 0) is 9.59 Å². The molecular formula is C15H28O5. The molecule has 0 saturated heterocycles. The Hall–Kier alpha value is -1.36. The minimum atomic E-state index is -0.939. The molecule has 0 radical (unpaired) electrons. The van der Waals surface area contributed by atoms with Crippen LogP contribution < -0.4 is 0 Å². The van der Waals surface area contributed by atoms with Crippen LogP contribution in [0.15, 0.2) is 12.2 Å². The van der Waals surface area contributed by atoms with Crippen LogP contribution in [0, 0.1) is 0 Å². The van der Waals surface area contributed by atoms with Gasteiger partial charge in [-0.2, -0.15) is 0 Å². The fourth-order valence-corrected chi connectivity index (χ4v) is 1.44. The molecule has 0 amide bonds. The first-order chi connectivity index (χ1) is 9.54. The topological polar surface area (TPSA) is 94.8 Å². The predicted molar refractivity (Wildman–Crippen MR) is 78.7 cm³/mol. The van der Waals surface area contributed by atoms with Gasteiger partial charge in [0, 0.05) is 19.1 Å². The summed E-state index contributed by atoms with van der Waals surface area (Å²) in [6.45, 7) is 2.53. The zero-order valence-electron chi connectivity index (χ0n) is 12.4. The highest BCUT2D eigenvalue weighted by molar-refractivity contribution is 5.79. The van der Waals surface area contributed by atoms with Crippen molar-refractivity contribution in [2.75, 3.05) is 6.61 Å². The number of carboxylic acids is 2. The summed E-state index contributed by atoms with van der Waals surface area (Å²) in [5.74, 6) is -1.72. The van der Waals surface area contributed by atoms with Crippen molar-refractivity contribution >= 4 is 11.9 Å². The molecule has 0 atom stereocenters. The van der Waals surface area contributed by atoms with Crippen LogP contribution in [-0.4, -0.2) is 33.9 Å². The van der Waals surface area contributed by atoms with E-state index in [9.17, 15) is 9.59 Å². The smallest absolute Gasteiger partial charge is 0.327 e. The van der Waals surface area contributed by atoms with Gasteiger partial charge in [0.25, 0.3) is 0 Å². The van der Waals surface area contributed by atoms with Crippen molar-refractivity contribution in [2.24, 2.45) is 0 Å². The molecular weight excluding hydrogens is 260 g/mol. The van der Waals surface area contributed by atoms with Crippen LogP contribution in [0.25, 0.3) is 0 Å². The molecule has 0 aliphatic carbocycles. The van der Waals surface area contributed by atoms with Gasteiger partial charge in [0.1, 0.15) is 0 Å². The van der Waals surface area contributed by atoms with Gasteiger partial charge >= 0.3 is 11.9 Å². The second-order valence-corrected chi connectivity index (χ2v) is 4.52. The standard InChI is InChI=1S/C9H14O4.C6H14O/c10-8(11)6-4-2-1-3-5-7-9(12)13;1-2-3-4-5-6-7/h4,6H,1-3,5,7H2,(H,10,11)(H,12,13);7H,2-6H2,1H3. The van der Waals surface area contributed by atoms with E-state index in [1.165, 1.54) is 19.3 Å². The molecule has 0 aromatic carbocycles. The summed E-state index contributed by atoms with van der Waals surface area (Å²) in [4.78, 5) is 20.1. The molecule has 5 nitrogen and oxygen atoms in total. The molecule has 3 N–H and O–H groups in total. The van der Waals surface area contributed by atoms with Gasteiger partial charge in [-0.05, 0) is 25.7 Å². The van der Waals surface area contributed by atoms with Crippen LogP contribution in [0.2, 0.25) is 0 Å². The lowest BCUT2D eigenvalue weighted by atomic mass is 10.1. The number of hydrogen-bond acceptors (Lipinski definition) is 3. The maximum atomic E-state index is 10.1. The van der Waals surface area contributed by atoms with E-state index in [-0.39, 0.29) is 6.42 Å². The van der Waals surface area contributed by atoms with Crippen LogP contribution in [0.3, 0.4) is 0 Å². The Morgan fingerprint density at radius 3 is 2.10 bits per heavy atom. The fourth-order valence-electron chi connectivity index (χ4n) is 1.44. The Bertz CT molecular complexity index is 257. The van der Waals surface area contributed by atoms with E-state index in [1.807, 2.05) is 0 Å². The number of aliphatic hydroxyl groups excluding tert-OH is 1. The molecule has 5 heteroatoms. The summed E-state index contributed by atoms with van der Waals surface area (Å²) < 4.78 is 0. The molecule has 0 spiro atoms. The fraction of sp³-hybridized carbons (Fsp3) is 0.733.